The van der Waals surface area contributed by atoms with Crippen LogP contribution >= 0.6 is 11.3 Å². The lowest BCUT2D eigenvalue weighted by Gasteiger charge is -2.57. The van der Waals surface area contributed by atoms with E-state index in [2.05, 4.69) is 50.1 Å². The fraction of sp³-hybridized carbons (Fsp3) is 0.519. The number of benzene rings is 1. The summed E-state index contributed by atoms with van der Waals surface area (Å²) in [5.41, 5.74) is 1.19. The van der Waals surface area contributed by atoms with E-state index < -0.39 is 0 Å². The monoisotopic (exact) mass is 458 g/mol. The van der Waals surface area contributed by atoms with Gasteiger partial charge in [-0.3, -0.25) is 4.79 Å². The van der Waals surface area contributed by atoms with Gasteiger partial charge in [-0.1, -0.05) is 30.3 Å². The van der Waals surface area contributed by atoms with Crippen LogP contribution in [-0.4, -0.2) is 47.0 Å². The number of rotatable bonds is 3. The van der Waals surface area contributed by atoms with Gasteiger partial charge >= 0.3 is 0 Å². The molecule has 4 saturated carbocycles. The van der Waals surface area contributed by atoms with Crippen molar-refractivity contribution in [3.8, 4) is 10.4 Å². The van der Waals surface area contributed by atoms with Crippen molar-refractivity contribution >= 4 is 33.3 Å². The zero-order valence-electron chi connectivity index (χ0n) is 18.9. The van der Waals surface area contributed by atoms with Crippen LogP contribution in [0.5, 0.6) is 0 Å². The normalized spacial score (nSPS) is 30.8. The Balaban J connectivity index is 1.10. The molecule has 0 spiro atoms. The third-order valence-corrected chi connectivity index (χ3v) is 9.82. The minimum absolute atomic E-state index is 0.0307. The number of amides is 1. The minimum atomic E-state index is -0.0307. The van der Waals surface area contributed by atoms with E-state index in [-0.39, 0.29) is 5.41 Å². The van der Waals surface area contributed by atoms with Crippen LogP contribution in [-0.2, 0) is 4.79 Å². The van der Waals surface area contributed by atoms with Gasteiger partial charge in [-0.15, -0.1) is 11.3 Å². The molecule has 0 radical (unpaired) electrons. The summed E-state index contributed by atoms with van der Waals surface area (Å²) in [5, 5.41) is 1.13. The average Bonchev–Trinajstić information content (AvgIpc) is 3.28. The van der Waals surface area contributed by atoms with Crippen LogP contribution in [0.4, 0.5) is 5.82 Å². The number of hydrogen-bond acceptors (Lipinski definition) is 5. The van der Waals surface area contributed by atoms with Crippen LogP contribution < -0.4 is 4.90 Å². The number of carbonyl (C=O) groups excluding carboxylic acids is 1. The molecule has 170 valence electrons. The van der Waals surface area contributed by atoms with Crippen LogP contribution in [0, 0.1) is 23.2 Å². The SMILES string of the molecule is O=C(N1CCN(c2ncnc3sc(-c4ccccc4)cc23)CC1)C12CC3CC(CC(C3)C1)C2. The molecule has 6 heteroatoms. The second-order valence-electron chi connectivity index (χ2n) is 10.9. The lowest BCUT2D eigenvalue weighted by molar-refractivity contribution is -0.158. The molecule has 5 aliphatic rings. The molecule has 5 nitrogen and oxygen atoms in total. The van der Waals surface area contributed by atoms with Crippen molar-refractivity contribution in [1.29, 1.82) is 0 Å². The predicted octanol–water partition coefficient (Wildman–Crippen LogP) is 5.22. The molecule has 4 aliphatic carbocycles. The summed E-state index contributed by atoms with van der Waals surface area (Å²) in [5.74, 6) is 3.92. The first-order chi connectivity index (χ1) is 16.2. The van der Waals surface area contributed by atoms with Crippen molar-refractivity contribution in [3.05, 3.63) is 42.7 Å². The van der Waals surface area contributed by atoms with Gasteiger partial charge in [0.05, 0.1) is 10.8 Å². The van der Waals surface area contributed by atoms with E-state index in [1.807, 2.05) is 6.07 Å². The molecule has 5 fully saturated rings. The van der Waals surface area contributed by atoms with E-state index in [0.29, 0.717) is 5.91 Å². The van der Waals surface area contributed by atoms with Gasteiger partial charge in [-0.2, -0.15) is 0 Å². The molecule has 1 saturated heterocycles. The highest BCUT2D eigenvalue weighted by Crippen LogP contribution is 2.60. The number of hydrogen-bond donors (Lipinski definition) is 0. The fourth-order valence-corrected chi connectivity index (χ4v) is 8.67. The van der Waals surface area contributed by atoms with Crippen LogP contribution in [0.15, 0.2) is 42.7 Å². The summed E-state index contributed by atoms with van der Waals surface area (Å²) in [7, 11) is 0. The van der Waals surface area contributed by atoms with E-state index in [0.717, 1.165) is 79.2 Å². The second-order valence-corrected chi connectivity index (χ2v) is 11.9. The lowest BCUT2D eigenvalue weighted by Crippen LogP contribution is -2.58. The first kappa shape index (κ1) is 20.0. The van der Waals surface area contributed by atoms with Crippen LogP contribution in [0.1, 0.15) is 38.5 Å². The van der Waals surface area contributed by atoms with Crippen molar-refractivity contribution in [2.24, 2.45) is 23.2 Å². The van der Waals surface area contributed by atoms with Crippen LogP contribution in [0.25, 0.3) is 20.7 Å². The molecule has 3 aromatic rings. The smallest absolute Gasteiger partial charge is 0.228 e. The summed E-state index contributed by atoms with van der Waals surface area (Å²) >= 11 is 1.72. The highest BCUT2D eigenvalue weighted by atomic mass is 32.1. The summed E-state index contributed by atoms with van der Waals surface area (Å²) in [6, 6.07) is 12.7. The largest absolute Gasteiger partial charge is 0.352 e. The van der Waals surface area contributed by atoms with Crippen LogP contribution in [0.2, 0.25) is 0 Å². The molecule has 1 amide bonds. The first-order valence-corrected chi connectivity index (χ1v) is 13.3. The van der Waals surface area contributed by atoms with Gasteiger partial charge in [0.2, 0.25) is 5.91 Å². The number of carbonyl (C=O) groups is 1. The van der Waals surface area contributed by atoms with Crippen molar-refractivity contribution in [2.75, 3.05) is 31.1 Å². The number of piperazine rings is 1. The molecule has 8 rings (SSSR count). The highest BCUT2D eigenvalue weighted by Gasteiger charge is 2.55. The van der Waals surface area contributed by atoms with E-state index in [4.69, 9.17) is 0 Å². The van der Waals surface area contributed by atoms with Crippen molar-refractivity contribution in [1.82, 2.24) is 14.9 Å². The lowest BCUT2D eigenvalue weighted by atomic mass is 9.49. The van der Waals surface area contributed by atoms with Crippen LogP contribution in [0.3, 0.4) is 0 Å². The Bertz CT molecular complexity index is 1160. The summed E-state index contributed by atoms with van der Waals surface area (Å²) in [4.78, 5) is 29.8. The molecular weight excluding hydrogens is 428 g/mol. The van der Waals surface area contributed by atoms with Gasteiger partial charge in [-0.25, -0.2) is 9.97 Å². The first-order valence-electron chi connectivity index (χ1n) is 12.5. The Labute approximate surface area is 198 Å². The number of aromatic nitrogens is 2. The molecule has 2 aromatic heterocycles. The predicted molar refractivity (Wildman–Crippen MR) is 132 cm³/mol. The summed E-state index contributed by atoms with van der Waals surface area (Å²) in [6.45, 7) is 3.31. The Kier molecular flexibility index (Phi) is 4.55. The molecule has 4 bridgehead atoms. The minimum Gasteiger partial charge on any atom is -0.352 e. The number of nitrogens with zero attached hydrogens (tertiary/aromatic N) is 4. The quantitative estimate of drug-likeness (QED) is 0.540. The molecule has 0 atom stereocenters. The molecular formula is C27H30N4OS. The molecule has 0 N–H and O–H groups in total. The van der Waals surface area contributed by atoms with Gasteiger partial charge in [-0.05, 0) is 67.9 Å². The Morgan fingerprint density at radius 1 is 0.909 bits per heavy atom. The third kappa shape index (κ3) is 3.29. The maximum absolute atomic E-state index is 13.8. The molecule has 0 unspecified atom stereocenters. The summed E-state index contributed by atoms with van der Waals surface area (Å²) in [6.07, 6.45) is 9.31. The third-order valence-electron chi connectivity index (χ3n) is 8.73. The maximum atomic E-state index is 13.8. The molecule has 1 aliphatic heterocycles. The van der Waals surface area contributed by atoms with E-state index in [1.165, 1.54) is 29.7 Å². The number of fused-ring (bicyclic) bond motifs is 1. The Morgan fingerprint density at radius 2 is 1.58 bits per heavy atom. The van der Waals surface area contributed by atoms with Gasteiger partial charge in [0, 0.05) is 31.1 Å². The van der Waals surface area contributed by atoms with Gasteiger partial charge < -0.3 is 9.80 Å². The average molecular weight is 459 g/mol. The Morgan fingerprint density at radius 3 is 2.24 bits per heavy atom. The zero-order chi connectivity index (χ0) is 22.0. The van der Waals surface area contributed by atoms with E-state index >= 15 is 0 Å². The van der Waals surface area contributed by atoms with Gasteiger partial charge in [0.1, 0.15) is 17.0 Å². The second kappa shape index (κ2) is 7.52. The summed E-state index contributed by atoms with van der Waals surface area (Å²) < 4.78 is 0. The maximum Gasteiger partial charge on any atom is 0.228 e. The fourth-order valence-electron chi connectivity index (χ4n) is 7.67. The molecule has 1 aromatic carbocycles. The Hall–Kier alpha value is -2.47. The molecule has 33 heavy (non-hydrogen) atoms. The number of anilines is 1. The number of thiophene rings is 1. The van der Waals surface area contributed by atoms with E-state index in [9.17, 15) is 4.79 Å². The van der Waals surface area contributed by atoms with Crippen molar-refractivity contribution in [3.63, 3.8) is 0 Å². The zero-order valence-corrected chi connectivity index (χ0v) is 19.8. The van der Waals surface area contributed by atoms with E-state index in [1.54, 1.807) is 17.7 Å². The van der Waals surface area contributed by atoms with Crippen molar-refractivity contribution < 1.29 is 4.79 Å². The highest BCUT2D eigenvalue weighted by molar-refractivity contribution is 7.21. The molecule has 3 heterocycles. The van der Waals surface area contributed by atoms with Crippen molar-refractivity contribution in [2.45, 2.75) is 38.5 Å². The van der Waals surface area contributed by atoms with Gasteiger partial charge in [0.25, 0.3) is 0 Å². The topological polar surface area (TPSA) is 49.3 Å². The van der Waals surface area contributed by atoms with Gasteiger partial charge in [0.15, 0.2) is 0 Å². The standard InChI is InChI=1S/C27H30N4OS/c32-26(27-14-18-10-19(15-27)12-20(11-18)16-27)31-8-6-30(7-9-31)24-22-13-23(21-4-2-1-3-5-21)33-25(22)29-17-28-24/h1-5,13,17-20H,6-12,14-16H2.